The van der Waals surface area contributed by atoms with Gasteiger partial charge in [0.2, 0.25) is 0 Å². The molecule has 68 valence electrons. The molecule has 0 amide bonds. The Balaban J connectivity index is 2.20. The maximum absolute atomic E-state index is 10.4. The molecule has 0 saturated heterocycles. The van der Waals surface area contributed by atoms with Crippen molar-refractivity contribution < 1.29 is 9.53 Å². The van der Waals surface area contributed by atoms with Crippen LogP contribution in [0.25, 0.3) is 0 Å². The predicted molar refractivity (Wildman–Crippen MR) is 51.0 cm³/mol. The highest BCUT2D eigenvalue weighted by Gasteiger charge is 2.24. The minimum atomic E-state index is 0.347. The summed E-state index contributed by atoms with van der Waals surface area (Å²) in [7, 11) is 0. The Hall–Kier alpha value is -0.900. The van der Waals surface area contributed by atoms with Crippen LogP contribution in [-0.2, 0) is 0 Å². The molecule has 13 heavy (non-hydrogen) atoms. The first-order valence-electron chi connectivity index (χ1n) is 4.07. The fourth-order valence-electron chi connectivity index (χ4n) is 0.950. The van der Waals surface area contributed by atoms with E-state index in [9.17, 15) is 4.79 Å². The lowest BCUT2D eigenvalue weighted by atomic mass is 10.4. The first-order valence-corrected chi connectivity index (χ1v) is 4.86. The summed E-state index contributed by atoms with van der Waals surface area (Å²) in [6.07, 6.45) is 4.86. The molecular weight excluding hydrogens is 234 g/mol. The van der Waals surface area contributed by atoms with E-state index in [0.29, 0.717) is 23.8 Å². The van der Waals surface area contributed by atoms with Crippen LogP contribution in [-0.4, -0.2) is 17.4 Å². The van der Waals surface area contributed by atoms with Gasteiger partial charge in [-0.15, -0.1) is 0 Å². The molecule has 4 heteroatoms. The largest absolute Gasteiger partial charge is 0.488 e. The van der Waals surface area contributed by atoms with E-state index >= 15 is 0 Å². The Morgan fingerprint density at radius 1 is 1.62 bits per heavy atom. The van der Waals surface area contributed by atoms with E-state index in [0.717, 1.165) is 17.3 Å². The Morgan fingerprint density at radius 2 is 2.38 bits per heavy atom. The van der Waals surface area contributed by atoms with Crippen molar-refractivity contribution in [3.8, 4) is 5.75 Å². The van der Waals surface area contributed by atoms with E-state index in [4.69, 9.17) is 4.74 Å². The average molecular weight is 242 g/mol. The minimum Gasteiger partial charge on any atom is -0.488 e. The number of hydrogen-bond acceptors (Lipinski definition) is 3. The topological polar surface area (TPSA) is 39.2 Å². The van der Waals surface area contributed by atoms with Crippen LogP contribution >= 0.6 is 15.9 Å². The third kappa shape index (κ3) is 2.06. The highest BCUT2D eigenvalue weighted by Crippen LogP contribution is 2.31. The molecule has 3 nitrogen and oxygen atoms in total. The molecule has 1 aromatic heterocycles. The van der Waals surface area contributed by atoms with Gasteiger partial charge in [0, 0.05) is 0 Å². The smallest absolute Gasteiger partial charge is 0.168 e. The molecule has 0 aliphatic heterocycles. The van der Waals surface area contributed by atoms with Gasteiger partial charge in [-0.25, -0.2) is 4.98 Å². The summed E-state index contributed by atoms with van der Waals surface area (Å²) in [5.74, 6) is 0.716. The normalized spacial score (nSPS) is 15.5. The van der Waals surface area contributed by atoms with Crippen LogP contribution in [0.4, 0.5) is 0 Å². The molecule has 0 N–H and O–H groups in total. The molecule has 1 aromatic rings. The molecular formula is C9H8BrNO2. The number of hydrogen-bond donors (Lipinski definition) is 0. The number of ether oxygens (including phenoxy) is 1. The maximum atomic E-state index is 10.4. The van der Waals surface area contributed by atoms with Gasteiger partial charge in [-0.05, 0) is 34.8 Å². The van der Waals surface area contributed by atoms with Crippen LogP contribution in [0, 0.1) is 0 Å². The molecule has 1 saturated carbocycles. The van der Waals surface area contributed by atoms with Gasteiger partial charge in [0.15, 0.2) is 12.0 Å². The van der Waals surface area contributed by atoms with Gasteiger partial charge < -0.3 is 4.74 Å². The third-order valence-corrected chi connectivity index (χ3v) is 2.40. The van der Waals surface area contributed by atoms with Gasteiger partial charge in [0.25, 0.3) is 0 Å². The molecule has 1 aliphatic rings. The van der Waals surface area contributed by atoms with E-state index in [-0.39, 0.29) is 0 Å². The molecule has 1 aliphatic carbocycles. The van der Waals surface area contributed by atoms with Crippen molar-refractivity contribution in [1.29, 1.82) is 0 Å². The number of aldehydes is 1. The minimum absolute atomic E-state index is 0.347. The zero-order chi connectivity index (χ0) is 9.26. The maximum Gasteiger partial charge on any atom is 0.168 e. The zero-order valence-electron chi connectivity index (χ0n) is 6.87. The molecule has 0 unspecified atom stereocenters. The van der Waals surface area contributed by atoms with Crippen LogP contribution in [0.2, 0.25) is 0 Å². The summed E-state index contributed by atoms with van der Waals surface area (Å²) < 4.78 is 6.32. The van der Waals surface area contributed by atoms with Crippen molar-refractivity contribution >= 4 is 22.2 Å². The van der Waals surface area contributed by atoms with Crippen molar-refractivity contribution in [2.75, 3.05) is 0 Å². The molecule has 1 fully saturated rings. The number of pyridine rings is 1. The molecule has 2 rings (SSSR count). The number of rotatable bonds is 3. The molecule has 0 spiro atoms. The Labute approximate surface area is 84.2 Å². The van der Waals surface area contributed by atoms with E-state index in [2.05, 4.69) is 20.9 Å². The monoisotopic (exact) mass is 241 g/mol. The summed E-state index contributed by atoms with van der Waals surface area (Å²) >= 11 is 3.32. The van der Waals surface area contributed by atoms with Gasteiger partial charge in [0.1, 0.15) is 5.69 Å². The van der Waals surface area contributed by atoms with Crippen LogP contribution in [0.15, 0.2) is 16.7 Å². The van der Waals surface area contributed by atoms with Gasteiger partial charge in [-0.1, -0.05) is 0 Å². The van der Waals surface area contributed by atoms with Crippen molar-refractivity contribution in [2.24, 2.45) is 0 Å². The third-order valence-electron chi connectivity index (χ3n) is 1.78. The standard InChI is InChI=1S/C9H8BrNO2/c10-8-3-6(5-12)11-4-9(8)13-7-1-2-7/h3-5,7H,1-2H2. The summed E-state index contributed by atoms with van der Waals surface area (Å²) in [4.78, 5) is 14.3. The Bertz CT molecular complexity index is 336. The number of nitrogens with zero attached hydrogens (tertiary/aromatic N) is 1. The first kappa shape index (κ1) is 8.69. The van der Waals surface area contributed by atoms with E-state index in [1.165, 1.54) is 0 Å². The SMILES string of the molecule is O=Cc1cc(Br)c(OC2CC2)cn1. The highest BCUT2D eigenvalue weighted by molar-refractivity contribution is 9.10. The molecule has 0 atom stereocenters. The lowest BCUT2D eigenvalue weighted by molar-refractivity contribution is 0.111. The summed E-state index contributed by atoms with van der Waals surface area (Å²) in [5, 5.41) is 0. The van der Waals surface area contributed by atoms with Crippen molar-refractivity contribution in [3.63, 3.8) is 0 Å². The van der Waals surface area contributed by atoms with Crippen molar-refractivity contribution in [3.05, 3.63) is 22.4 Å². The quantitative estimate of drug-likeness (QED) is 0.762. The summed E-state index contributed by atoms with van der Waals surface area (Å²) in [6.45, 7) is 0. The second-order valence-electron chi connectivity index (χ2n) is 2.97. The van der Waals surface area contributed by atoms with Crippen molar-refractivity contribution in [2.45, 2.75) is 18.9 Å². The van der Waals surface area contributed by atoms with Crippen LogP contribution in [0.5, 0.6) is 5.75 Å². The lowest BCUT2D eigenvalue weighted by Gasteiger charge is -2.05. The number of carbonyl (C=O) groups excluding carboxylic acids is 1. The second-order valence-corrected chi connectivity index (χ2v) is 3.83. The van der Waals surface area contributed by atoms with Crippen LogP contribution in [0.3, 0.4) is 0 Å². The number of carbonyl (C=O) groups is 1. The summed E-state index contributed by atoms with van der Waals surface area (Å²) in [6, 6.07) is 1.66. The van der Waals surface area contributed by atoms with Crippen LogP contribution < -0.4 is 4.74 Å². The number of halogens is 1. The first-order chi connectivity index (χ1) is 6.29. The van der Waals surface area contributed by atoms with E-state index < -0.39 is 0 Å². The molecule has 0 bridgehead atoms. The molecule has 1 heterocycles. The molecule has 0 aromatic carbocycles. The van der Waals surface area contributed by atoms with E-state index in [1.807, 2.05) is 0 Å². The van der Waals surface area contributed by atoms with Crippen molar-refractivity contribution in [1.82, 2.24) is 4.98 Å². The van der Waals surface area contributed by atoms with Gasteiger partial charge >= 0.3 is 0 Å². The van der Waals surface area contributed by atoms with Crippen LogP contribution in [0.1, 0.15) is 23.3 Å². The van der Waals surface area contributed by atoms with Gasteiger partial charge in [-0.2, -0.15) is 0 Å². The zero-order valence-corrected chi connectivity index (χ0v) is 8.45. The lowest BCUT2D eigenvalue weighted by Crippen LogP contribution is -1.98. The second kappa shape index (κ2) is 3.46. The highest BCUT2D eigenvalue weighted by atomic mass is 79.9. The van der Waals surface area contributed by atoms with Gasteiger partial charge in [-0.3, -0.25) is 4.79 Å². The molecule has 0 radical (unpaired) electrons. The predicted octanol–water partition coefficient (Wildman–Crippen LogP) is 2.20. The fraction of sp³-hybridized carbons (Fsp3) is 0.333. The average Bonchev–Trinajstić information content (AvgIpc) is 2.92. The fourth-order valence-corrected chi connectivity index (χ4v) is 1.38. The van der Waals surface area contributed by atoms with Gasteiger partial charge in [0.05, 0.1) is 16.8 Å². The van der Waals surface area contributed by atoms with E-state index in [1.54, 1.807) is 12.3 Å². The Kier molecular flexibility index (Phi) is 2.31. The Morgan fingerprint density at radius 3 is 2.92 bits per heavy atom. The summed E-state index contributed by atoms with van der Waals surface area (Å²) in [5.41, 5.74) is 0.412. The number of aromatic nitrogens is 1.